The van der Waals surface area contributed by atoms with Crippen molar-refractivity contribution in [2.45, 2.75) is 66.3 Å². The number of amides is 5. The summed E-state index contributed by atoms with van der Waals surface area (Å²) in [6.07, 6.45) is 3.06. The first-order valence-corrected chi connectivity index (χ1v) is 10.2. The molecule has 28 heavy (non-hydrogen) atoms. The SMILES string of the molecule is CCCNC(=O)N(C(=O)N(CCC)CCC)C(C)(C=C=O)C(=O)N(CC)CC. The van der Waals surface area contributed by atoms with Gasteiger partial charge in [-0.25, -0.2) is 19.3 Å². The molecule has 0 spiro atoms. The Kier molecular flexibility index (Phi) is 11.9. The van der Waals surface area contributed by atoms with E-state index < -0.39 is 23.5 Å². The fourth-order valence-electron chi connectivity index (χ4n) is 2.96. The first-order chi connectivity index (χ1) is 13.3. The van der Waals surface area contributed by atoms with E-state index in [1.54, 1.807) is 19.8 Å². The summed E-state index contributed by atoms with van der Waals surface area (Å²) in [5.74, 6) is 1.13. The summed E-state index contributed by atoms with van der Waals surface area (Å²) in [4.78, 5) is 54.6. The van der Waals surface area contributed by atoms with Gasteiger partial charge in [0.05, 0.1) is 0 Å². The van der Waals surface area contributed by atoms with Crippen LogP contribution in [0.5, 0.6) is 0 Å². The third-order valence-electron chi connectivity index (χ3n) is 4.47. The average Bonchev–Trinajstić information content (AvgIpc) is 2.67. The lowest BCUT2D eigenvalue weighted by molar-refractivity contribution is -0.138. The van der Waals surface area contributed by atoms with Gasteiger partial charge < -0.3 is 15.1 Å². The number of hydrogen-bond donors (Lipinski definition) is 1. The Morgan fingerprint density at radius 3 is 1.86 bits per heavy atom. The normalized spacial score (nSPS) is 12.4. The molecule has 0 rings (SSSR count). The van der Waals surface area contributed by atoms with Crippen LogP contribution in [0.25, 0.3) is 0 Å². The van der Waals surface area contributed by atoms with E-state index >= 15 is 0 Å². The molecule has 0 aromatic rings. The number of nitrogens with zero attached hydrogens (tertiary/aromatic N) is 3. The average molecular weight is 397 g/mol. The number of hydrogen-bond acceptors (Lipinski definition) is 4. The molecule has 160 valence electrons. The molecule has 0 saturated carbocycles. The number of nitrogens with one attached hydrogen (secondary N) is 1. The standard InChI is InChI=1S/C20H36N4O4/c1-7-13-21-18(27)24(19(28)23(14-8-2)15-9-3)20(6,12-16-25)17(26)22(10-4)11-5/h12H,7-11,13-15H2,1-6H3,(H,21,27). The quantitative estimate of drug-likeness (QED) is 0.544. The summed E-state index contributed by atoms with van der Waals surface area (Å²) < 4.78 is 0. The van der Waals surface area contributed by atoms with Crippen LogP contribution in [0.4, 0.5) is 9.59 Å². The molecule has 0 heterocycles. The topological polar surface area (TPSA) is 90.0 Å². The lowest BCUT2D eigenvalue weighted by Gasteiger charge is -2.40. The van der Waals surface area contributed by atoms with Gasteiger partial charge in [-0.15, -0.1) is 0 Å². The van der Waals surface area contributed by atoms with Crippen molar-refractivity contribution >= 4 is 23.9 Å². The monoisotopic (exact) mass is 396 g/mol. The Hall–Kier alpha value is -2.34. The van der Waals surface area contributed by atoms with Crippen LogP contribution in [-0.4, -0.2) is 76.9 Å². The van der Waals surface area contributed by atoms with Crippen LogP contribution in [-0.2, 0) is 9.59 Å². The molecule has 0 aliphatic carbocycles. The molecule has 0 bridgehead atoms. The maximum atomic E-state index is 13.3. The Morgan fingerprint density at radius 2 is 1.46 bits per heavy atom. The highest BCUT2D eigenvalue weighted by atomic mass is 16.2. The molecule has 8 nitrogen and oxygen atoms in total. The first kappa shape index (κ1) is 25.7. The van der Waals surface area contributed by atoms with Crippen LogP contribution in [0.15, 0.2) is 6.08 Å². The van der Waals surface area contributed by atoms with Gasteiger partial charge in [0.1, 0.15) is 5.94 Å². The van der Waals surface area contributed by atoms with Crippen molar-refractivity contribution in [3.05, 3.63) is 6.08 Å². The molecule has 0 fully saturated rings. The van der Waals surface area contributed by atoms with Crippen molar-refractivity contribution in [2.75, 3.05) is 32.7 Å². The Morgan fingerprint density at radius 1 is 0.929 bits per heavy atom. The minimum atomic E-state index is -1.76. The molecule has 1 N–H and O–H groups in total. The van der Waals surface area contributed by atoms with Gasteiger partial charge in [0.25, 0.3) is 5.91 Å². The van der Waals surface area contributed by atoms with Crippen molar-refractivity contribution in [1.29, 1.82) is 0 Å². The fraction of sp³-hybridized carbons (Fsp3) is 0.750. The van der Waals surface area contributed by atoms with E-state index in [4.69, 9.17) is 0 Å². The van der Waals surface area contributed by atoms with Gasteiger partial charge in [0, 0.05) is 38.8 Å². The van der Waals surface area contributed by atoms with Gasteiger partial charge >= 0.3 is 12.1 Å². The van der Waals surface area contributed by atoms with Gasteiger partial charge in [-0.2, -0.15) is 0 Å². The first-order valence-electron chi connectivity index (χ1n) is 10.2. The van der Waals surface area contributed by atoms with E-state index in [1.165, 1.54) is 16.7 Å². The third-order valence-corrected chi connectivity index (χ3v) is 4.47. The number of imide groups is 1. The summed E-state index contributed by atoms with van der Waals surface area (Å²) in [6, 6.07) is -1.29. The highest BCUT2D eigenvalue weighted by Crippen LogP contribution is 2.23. The zero-order valence-electron chi connectivity index (χ0n) is 18.2. The predicted octanol–water partition coefficient (Wildman–Crippen LogP) is 2.66. The van der Waals surface area contributed by atoms with E-state index in [2.05, 4.69) is 5.32 Å². The van der Waals surface area contributed by atoms with Crippen molar-refractivity contribution in [1.82, 2.24) is 20.0 Å². The lowest BCUT2D eigenvalue weighted by Crippen LogP contribution is -2.65. The molecular weight excluding hydrogens is 360 g/mol. The van der Waals surface area contributed by atoms with E-state index in [0.717, 1.165) is 11.0 Å². The molecular formula is C20H36N4O4. The molecule has 0 aromatic carbocycles. The van der Waals surface area contributed by atoms with Crippen molar-refractivity contribution in [3.63, 3.8) is 0 Å². The minimum absolute atomic E-state index is 0.352. The number of rotatable bonds is 11. The van der Waals surface area contributed by atoms with Crippen molar-refractivity contribution in [3.8, 4) is 0 Å². The molecule has 0 radical (unpaired) electrons. The van der Waals surface area contributed by atoms with Gasteiger partial charge in [-0.3, -0.25) is 4.79 Å². The van der Waals surface area contributed by atoms with Crippen LogP contribution in [0, 0.1) is 0 Å². The molecule has 0 saturated heterocycles. The molecule has 8 heteroatoms. The van der Waals surface area contributed by atoms with Crippen LogP contribution >= 0.6 is 0 Å². The van der Waals surface area contributed by atoms with Gasteiger partial charge in [0.2, 0.25) is 0 Å². The second-order valence-electron chi connectivity index (χ2n) is 6.72. The summed E-state index contributed by atoms with van der Waals surface area (Å²) in [5.41, 5.74) is -1.76. The third kappa shape index (κ3) is 6.37. The summed E-state index contributed by atoms with van der Waals surface area (Å²) in [6.45, 7) is 12.8. The van der Waals surface area contributed by atoms with E-state index in [1.807, 2.05) is 20.8 Å². The summed E-state index contributed by atoms with van der Waals surface area (Å²) in [5, 5.41) is 2.67. The van der Waals surface area contributed by atoms with E-state index in [9.17, 15) is 19.2 Å². The molecule has 1 atom stereocenters. The van der Waals surface area contributed by atoms with Crippen LogP contribution in [0.2, 0.25) is 0 Å². The summed E-state index contributed by atoms with van der Waals surface area (Å²) >= 11 is 0. The Balaban J connectivity index is 6.34. The van der Waals surface area contributed by atoms with Crippen LogP contribution < -0.4 is 5.32 Å². The molecule has 0 aliphatic heterocycles. The van der Waals surface area contributed by atoms with Crippen LogP contribution in [0.3, 0.4) is 0 Å². The largest absolute Gasteiger partial charge is 0.341 e. The van der Waals surface area contributed by atoms with Gasteiger partial charge in [-0.1, -0.05) is 20.8 Å². The molecule has 0 aromatic heterocycles. The Bertz CT molecular complexity index is 565. The second-order valence-corrected chi connectivity index (χ2v) is 6.72. The van der Waals surface area contributed by atoms with Crippen molar-refractivity contribution < 1.29 is 19.2 Å². The smallest absolute Gasteiger partial charge is 0.329 e. The highest BCUT2D eigenvalue weighted by Gasteiger charge is 2.47. The van der Waals surface area contributed by atoms with Gasteiger partial charge in [0.15, 0.2) is 5.54 Å². The van der Waals surface area contributed by atoms with E-state index in [0.29, 0.717) is 52.0 Å². The maximum absolute atomic E-state index is 13.3. The zero-order chi connectivity index (χ0) is 21.7. The molecule has 1 unspecified atom stereocenters. The fourth-order valence-corrected chi connectivity index (χ4v) is 2.96. The highest BCUT2D eigenvalue weighted by molar-refractivity contribution is 6.03. The lowest BCUT2D eigenvalue weighted by atomic mass is 9.97. The molecule has 0 aliphatic rings. The maximum Gasteiger partial charge on any atom is 0.329 e. The zero-order valence-corrected chi connectivity index (χ0v) is 18.2. The van der Waals surface area contributed by atoms with Crippen LogP contribution in [0.1, 0.15) is 60.8 Å². The minimum Gasteiger partial charge on any atom is -0.341 e. The summed E-state index contributed by atoms with van der Waals surface area (Å²) in [7, 11) is 0. The van der Waals surface area contributed by atoms with Gasteiger partial charge in [-0.05, 0) is 40.0 Å². The number of likely N-dealkylation sites (N-methyl/N-ethyl adjacent to an activating group) is 1. The van der Waals surface area contributed by atoms with E-state index in [-0.39, 0.29) is 0 Å². The number of carbonyl (C=O) groups excluding carboxylic acids is 4. The number of carbonyl (C=O) groups is 3. The number of urea groups is 2. The predicted molar refractivity (Wildman–Crippen MR) is 110 cm³/mol. The Labute approximate surface area is 168 Å². The molecule has 5 amide bonds. The van der Waals surface area contributed by atoms with Crippen molar-refractivity contribution in [2.24, 2.45) is 0 Å². The second kappa shape index (κ2) is 12.9.